The van der Waals surface area contributed by atoms with Gasteiger partial charge in [0.2, 0.25) is 0 Å². The van der Waals surface area contributed by atoms with E-state index in [1.165, 1.54) is 75.3 Å². The number of anilines is 6. The lowest BCUT2D eigenvalue weighted by molar-refractivity contribution is 0.443. The van der Waals surface area contributed by atoms with Gasteiger partial charge in [-0.05, 0) is 107 Å². The van der Waals surface area contributed by atoms with Gasteiger partial charge in [0, 0.05) is 77.7 Å². The minimum Gasteiger partial charge on any atom is -0.456 e. The number of furan rings is 3. The zero-order chi connectivity index (χ0) is 56.0. The predicted octanol–water partition coefficient (Wildman–Crippen LogP) is 24.1. The van der Waals surface area contributed by atoms with Crippen molar-refractivity contribution in [3.8, 4) is 22.3 Å². The molecular weight excluding hydrogens is 1040 g/mol. The van der Waals surface area contributed by atoms with Gasteiger partial charge in [0.1, 0.15) is 22.3 Å². The minimum absolute atomic E-state index is 0.579. The van der Waals surface area contributed by atoms with Crippen LogP contribution in [0.5, 0.6) is 0 Å². The van der Waals surface area contributed by atoms with E-state index >= 15 is 0 Å². The van der Waals surface area contributed by atoms with E-state index in [2.05, 4.69) is 252 Å². The van der Waals surface area contributed by atoms with E-state index in [0.717, 1.165) is 144 Å². The maximum Gasteiger partial charge on any atom is 0.159 e. The molecule has 0 atom stereocenters. The Morgan fingerprint density at radius 2 is 0.624 bits per heavy atom. The highest BCUT2D eigenvalue weighted by molar-refractivity contribution is 6.31. The third kappa shape index (κ3) is 8.26. The zero-order valence-electron chi connectivity index (χ0n) is 47.4. The van der Waals surface area contributed by atoms with Gasteiger partial charge in [-0.2, -0.15) is 0 Å². The molecule has 5 nitrogen and oxygen atoms in total. The summed E-state index contributed by atoms with van der Waals surface area (Å²) < 4.78 is 22.0. The van der Waals surface area contributed by atoms with E-state index in [1.54, 1.807) is 0 Å². The number of fused-ring (bicyclic) bond motifs is 13. The second kappa shape index (κ2) is 20.5. The van der Waals surface area contributed by atoms with Crippen molar-refractivity contribution in [3.63, 3.8) is 0 Å². The molecule has 0 saturated heterocycles. The fourth-order valence-corrected chi connectivity index (χ4v) is 15.0. The second-order valence-electron chi connectivity index (χ2n) is 23.9. The molecule has 12 aromatic carbocycles. The van der Waals surface area contributed by atoms with Crippen LogP contribution in [0.1, 0.15) is 87.2 Å². The number of rotatable bonds is 10. The summed E-state index contributed by atoms with van der Waals surface area (Å²) in [6, 6.07) is 88.7. The van der Waals surface area contributed by atoms with Gasteiger partial charge in [-0.15, -0.1) is 0 Å². The Morgan fingerprint density at radius 3 is 1.04 bits per heavy atom. The Balaban J connectivity index is 0.898. The largest absolute Gasteiger partial charge is 0.456 e. The molecular formula is C80H62N2O3. The molecule has 2 fully saturated rings. The Hall–Kier alpha value is -9.84. The average Bonchev–Trinajstić information content (AvgIpc) is 2.14. The van der Waals surface area contributed by atoms with Crippen molar-refractivity contribution in [2.75, 3.05) is 9.80 Å². The van der Waals surface area contributed by atoms with E-state index in [1.807, 2.05) is 0 Å². The van der Waals surface area contributed by atoms with Crippen molar-refractivity contribution in [3.05, 3.63) is 254 Å². The molecule has 3 aromatic heterocycles. The van der Waals surface area contributed by atoms with Crippen molar-refractivity contribution in [1.82, 2.24) is 0 Å². The topological polar surface area (TPSA) is 45.9 Å². The third-order valence-corrected chi connectivity index (χ3v) is 19.0. The molecule has 85 heavy (non-hydrogen) atoms. The number of benzene rings is 12. The first-order valence-electron chi connectivity index (χ1n) is 30.8. The lowest BCUT2D eigenvalue weighted by Crippen LogP contribution is -2.11. The fraction of sp³-hybridized carbons (Fsp3) is 0.150. The first-order chi connectivity index (χ1) is 42.2. The smallest absolute Gasteiger partial charge is 0.159 e. The van der Waals surface area contributed by atoms with Crippen LogP contribution in [-0.2, 0) is 0 Å². The van der Waals surface area contributed by atoms with Crippen LogP contribution in [0.25, 0.3) is 110 Å². The molecule has 0 unspecified atom stereocenters. The molecule has 2 saturated carbocycles. The highest BCUT2D eigenvalue weighted by atomic mass is 16.3. The predicted molar refractivity (Wildman–Crippen MR) is 355 cm³/mol. The molecule has 0 radical (unpaired) electrons. The van der Waals surface area contributed by atoms with E-state index in [0.29, 0.717) is 11.8 Å². The van der Waals surface area contributed by atoms with Gasteiger partial charge in [0.05, 0.1) is 22.7 Å². The summed E-state index contributed by atoms with van der Waals surface area (Å²) in [4.78, 5) is 4.85. The SMILES string of the molecule is c1ccc(-c2cccc3c2oc2c(N(c4ccc(C5CCCCC5)cc4)c4cc5oc6cc(N(c7ccc(C8CCCCC8)cc7)c7cccc8c7oc7c(-c9ccccc9)cccc78)c7ccccc7c6c5c5ccccc45)cccc23)cc1. The molecule has 2 aliphatic rings. The number of hydrogen-bond acceptors (Lipinski definition) is 5. The van der Waals surface area contributed by atoms with E-state index in [-0.39, 0.29) is 0 Å². The monoisotopic (exact) mass is 1100 g/mol. The molecule has 5 heteroatoms. The first-order valence-corrected chi connectivity index (χ1v) is 30.8. The molecule has 0 amide bonds. The molecule has 410 valence electrons. The zero-order valence-corrected chi connectivity index (χ0v) is 47.4. The summed E-state index contributed by atoms with van der Waals surface area (Å²) in [5.41, 5.74) is 18.4. The highest BCUT2D eigenvalue weighted by Crippen LogP contribution is 2.53. The van der Waals surface area contributed by atoms with Crippen LogP contribution in [0, 0.1) is 0 Å². The molecule has 0 N–H and O–H groups in total. The van der Waals surface area contributed by atoms with Crippen LogP contribution in [0.2, 0.25) is 0 Å². The van der Waals surface area contributed by atoms with Crippen LogP contribution in [0.4, 0.5) is 34.1 Å². The molecule has 2 aliphatic carbocycles. The normalized spacial score (nSPS) is 14.5. The van der Waals surface area contributed by atoms with E-state index < -0.39 is 0 Å². The quantitative estimate of drug-likeness (QED) is 0.137. The number of para-hydroxylation sites is 4. The minimum atomic E-state index is 0.579. The Bertz CT molecular complexity index is 4700. The van der Waals surface area contributed by atoms with Gasteiger partial charge in [-0.1, -0.05) is 233 Å². The standard InChI is InChI=1S/C80H62N2O3/c1-5-21-51(22-6-1)53-41-45-57(46-42-53)81(69-39-19-37-67-65-35-17-33-59(77(65)84-79(67)69)55-25-9-3-10-26-55)71-49-73-75(63-31-15-13-29-61(63)71)76-64-32-16-14-30-62(64)72(50-74(76)83-73)82(58-47-43-54(44-48-58)52-23-7-2-8-24-52)70-40-20-38-68-66-36-18-34-60(78(66)85-80(68)70)56-27-11-4-12-28-56/h3-4,9-20,25-52H,1-2,5-8,21-24H2. The summed E-state index contributed by atoms with van der Waals surface area (Å²) >= 11 is 0. The van der Waals surface area contributed by atoms with Gasteiger partial charge < -0.3 is 23.1 Å². The van der Waals surface area contributed by atoms with Crippen molar-refractivity contribution in [2.24, 2.45) is 0 Å². The molecule has 0 spiro atoms. The lowest BCUT2D eigenvalue weighted by atomic mass is 9.84. The molecule has 3 heterocycles. The van der Waals surface area contributed by atoms with Crippen LogP contribution in [0.15, 0.2) is 256 Å². The average molecular weight is 1100 g/mol. The van der Waals surface area contributed by atoms with Gasteiger partial charge >= 0.3 is 0 Å². The maximum atomic E-state index is 7.49. The van der Waals surface area contributed by atoms with Crippen molar-refractivity contribution in [2.45, 2.75) is 76.0 Å². The molecule has 0 bridgehead atoms. The second-order valence-corrected chi connectivity index (χ2v) is 23.9. The van der Waals surface area contributed by atoms with Gasteiger partial charge in [0.15, 0.2) is 11.2 Å². The Morgan fingerprint density at radius 1 is 0.271 bits per heavy atom. The van der Waals surface area contributed by atoms with Gasteiger partial charge in [-0.25, -0.2) is 0 Å². The summed E-state index contributed by atoms with van der Waals surface area (Å²) in [5, 5.41) is 11.0. The molecule has 15 aromatic rings. The summed E-state index contributed by atoms with van der Waals surface area (Å²) in [6.07, 6.45) is 12.8. The van der Waals surface area contributed by atoms with E-state index in [4.69, 9.17) is 13.3 Å². The van der Waals surface area contributed by atoms with Crippen LogP contribution < -0.4 is 9.80 Å². The summed E-state index contributed by atoms with van der Waals surface area (Å²) in [7, 11) is 0. The highest BCUT2D eigenvalue weighted by Gasteiger charge is 2.29. The van der Waals surface area contributed by atoms with Crippen molar-refractivity contribution >= 4 is 121 Å². The number of hydrogen-bond donors (Lipinski definition) is 0. The molecule has 17 rings (SSSR count). The lowest BCUT2D eigenvalue weighted by Gasteiger charge is -2.28. The Kier molecular flexibility index (Phi) is 12.0. The van der Waals surface area contributed by atoms with Crippen LogP contribution >= 0.6 is 0 Å². The number of nitrogens with zero attached hydrogens (tertiary/aromatic N) is 2. The summed E-state index contributed by atoms with van der Waals surface area (Å²) in [6.45, 7) is 0. The van der Waals surface area contributed by atoms with Crippen LogP contribution in [0.3, 0.4) is 0 Å². The first kappa shape index (κ1) is 49.7. The summed E-state index contributed by atoms with van der Waals surface area (Å²) in [5.74, 6) is 1.16. The Labute approximate surface area is 493 Å². The van der Waals surface area contributed by atoms with Crippen molar-refractivity contribution < 1.29 is 13.3 Å². The maximum absolute atomic E-state index is 7.49. The van der Waals surface area contributed by atoms with Crippen LogP contribution in [-0.4, -0.2) is 0 Å². The van der Waals surface area contributed by atoms with E-state index in [9.17, 15) is 0 Å². The van der Waals surface area contributed by atoms with Gasteiger partial charge in [0.25, 0.3) is 0 Å². The molecule has 0 aliphatic heterocycles. The third-order valence-electron chi connectivity index (χ3n) is 19.0. The van der Waals surface area contributed by atoms with Gasteiger partial charge in [-0.3, -0.25) is 0 Å². The van der Waals surface area contributed by atoms with Crippen molar-refractivity contribution in [1.29, 1.82) is 0 Å². The fourth-order valence-electron chi connectivity index (χ4n) is 15.0.